The molecule has 134 valence electrons. The molecular weight excluding hydrogens is 310 g/mol. The number of fused-ring (bicyclic) bond motifs is 5. The van der Waals surface area contributed by atoms with Crippen LogP contribution in [0, 0.1) is 39.9 Å². The second-order valence-corrected chi connectivity index (χ2v) is 8.98. The summed E-state index contributed by atoms with van der Waals surface area (Å²) in [6.07, 6.45) is 10.1. The van der Waals surface area contributed by atoms with E-state index in [1.807, 2.05) is 6.08 Å². The molecule has 3 nitrogen and oxygen atoms in total. The molecule has 4 aliphatic rings. The monoisotopic (exact) mass is 339 g/mol. The molecule has 7 atom stereocenters. The van der Waals surface area contributed by atoms with E-state index in [1.54, 1.807) is 12.5 Å². The average molecular weight is 339 g/mol. The van der Waals surface area contributed by atoms with Crippen molar-refractivity contribution in [2.45, 2.75) is 71.7 Å². The predicted octanol–water partition coefficient (Wildman–Crippen LogP) is 4.50. The van der Waals surface area contributed by atoms with Gasteiger partial charge in [0.05, 0.1) is 18.1 Å². The zero-order chi connectivity index (χ0) is 17.8. The number of hydrogen-bond acceptors (Lipinski definition) is 3. The first-order valence-electron chi connectivity index (χ1n) is 9.78. The topological polar surface area (TPSA) is 53.2 Å². The molecule has 0 heterocycles. The van der Waals surface area contributed by atoms with Crippen molar-refractivity contribution in [1.82, 2.24) is 0 Å². The third-order valence-electron chi connectivity index (χ3n) is 7.65. The number of aliphatic hydroxyl groups is 1. The minimum absolute atomic E-state index is 0.00326. The molecule has 4 aliphatic carbocycles. The van der Waals surface area contributed by atoms with Crippen LogP contribution in [0.2, 0.25) is 0 Å². The first kappa shape index (κ1) is 17.1. The van der Waals surface area contributed by atoms with E-state index in [0.29, 0.717) is 11.8 Å². The number of nitrogens with zero attached hydrogens (tertiary/aromatic N) is 1. The van der Waals surface area contributed by atoms with E-state index in [2.05, 4.69) is 31.7 Å². The van der Waals surface area contributed by atoms with Crippen molar-refractivity contribution < 1.29 is 9.84 Å². The summed E-state index contributed by atoms with van der Waals surface area (Å²) in [7, 11) is 0. The Morgan fingerprint density at radius 1 is 1.36 bits per heavy atom. The maximum absolute atomic E-state index is 9.61. The summed E-state index contributed by atoms with van der Waals surface area (Å²) < 4.78 is 5.68. The fourth-order valence-electron chi connectivity index (χ4n) is 6.34. The third kappa shape index (κ3) is 2.47. The zero-order valence-corrected chi connectivity index (χ0v) is 15.6. The normalized spacial score (nSPS) is 46.2. The second kappa shape index (κ2) is 5.85. The van der Waals surface area contributed by atoms with E-state index in [4.69, 9.17) is 4.74 Å². The van der Waals surface area contributed by atoms with Crippen LogP contribution in [0.3, 0.4) is 0 Å². The summed E-state index contributed by atoms with van der Waals surface area (Å²) in [5.74, 6) is 1.44. The molecule has 2 saturated carbocycles. The Labute approximate surface area is 151 Å². The van der Waals surface area contributed by atoms with Crippen molar-refractivity contribution in [3.05, 3.63) is 29.0 Å². The maximum atomic E-state index is 9.61. The number of hydrogen-bond donors (Lipinski definition) is 1. The standard InChI is InChI=1S/C22H29NO2/c1-14(24)25-17-7-4-15-5-8-18-19-9-6-16(13-23)21(19,2)11-10-20(18)22(15,3)12-17/h7,10,14,16-19,24H,5-6,8-9,11-12H2,1-3H3/t14?,16-,17?,18+,19+,21-,22+/m1/s1. The van der Waals surface area contributed by atoms with Gasteiger partial charge >= 0.3 is 0 Å². The molecule has 3 heteroatoms. The van der Waals surface area contributed by atoms with E-state index < -0.39 is 6.29 Å². The van der Waals surface area contributed by atoms with E-state index in [0.717, 1.165) is 25.7 Å². The summed E-state index contributed by atoms with van der Waals surface area (Å²) in [4.78, 5) is 0. The molecule has 2 unspecified atom stereocenters. The molecule has 0 aromatic carbocycles. The van der Waals surface area contributed by atoms with Crippen LogP contribution in [-0.4, -0.2) is 17.5 Å². The summed E-state index contributed by atoms with van der Waals surface area (Å²) in [6.45, 7) is 6.36. The molecule has 2 fully saturated rings. The molecule has 4 rings (SSSR count). The van der Waals surface area contributed by atoms with Gasteiger partial charge in [-0.05, 0) is 74.3 Å². The largest absolute Gasteiger partial charge is 0.368 e. The van der Waals surface area contributed by atoms with E-state index in [-0.39, 0.29) is 22.9 Å². The molecule has 0 saturated heterocycles. The summed E-state index contributed by atoms with van der Waals surface area (Å²) in [6, 6.07) is 2.59. The van der Waals surface area contributed by atoms with Crippen LogP contribution in [0.25, 0.3) is 0 Å². The molecule has 0 radical (unpaired) electrons. The highest BCUT2D eigenvalue weighted by atomic mass is 16.6. The van der Waals surface area contributed by atoms with Gasteiger partial charge in [0, 0.05) is 5.41 Å². The molecule has 25 heavy (non-hydrogen) atoms. The lowest BCUT2D eigenvalue weighted by Gasteiger charge is -2.52. The number of ether oxygens (including phenoxy) is 1. The minimum Gasteiger partial charge on any atom is -0.368 e. The van der Waals surface area contributed by atoms with E-state index >= 15 is 0 Å². The third-order valence-corrected chi connectivity index (χ3v) is 7.65. The summed E-state index contributed by atoms with van der Waals surface area (Å²) in [5.41, 5.74) is 6.62. The highest BCUT2D eigenvalue weighted by molar-refractivity contribution is 5.39. The predicted molar refractivity (Wildman–Crippen MR) is 96.2 cm³/mol. The Kier molecular flexibility index (Phi) is 4.00. The van der Waals surface area contributed by atoms with Gasteiger partial charge in [0.15, 0.2) is 6.29 Å². The lowest BCUT2D eigenvalue weighted by Crippen LogP contribution is -2.45. The molecule has 0 aliphatic heterocycles. The summed E-state index contributed by atoms with van der Waals surface area (Å²) in [5, 5.41) is 19.2. The van der Waals surface area contributed by atoms with Crippen LogP contribution < -0.4 is 0 Å². The lowest BCUT2D eigenvalue weighted by molar-refractivity contribution is -0.117. The first-order valence-corrected chi connectivity index (χ1v) is 9.78. The van der Waals surface area contributed by atoms with Crippen molar-refractivity contribution in [2.75, 3.05) is 0 Å². The van der Waals surface area contributed by atoms with Crippen molar-refractivity contribution in [3.8, 4) is 6.07 Å². The Morgan fingerprint density at radius 2 is 2.16 bits per heavy atom. The fraction of sp³-hybridized carbons (Fsp3) is 0.727. The quantitative estimate of drug-likeness (QED) is 0.458. The van der Waals surface area contributed by atoms with Gasteiger partial charge in [-0.15, -0.1) is 5.73 Å². The van der Waals surface area contributed by atoms with Crippen LogP contribution in [-0.2, 0) is 4.74 Å². The molecule has 0 aromatic rings. The van der Waals surface area contributed by atoms with Crippen molar-refractivity contribution in [1.29, 1.82) is 5.26 Å². The Balaban J connectivity index is 1.69. The molecule has 0 amide bonds. The van der Waals surface area contributed by atoms with Crippen LogP contribution in [0.5, 0.6) is 0 Å². The van der Waals surface area contributed by atoms with Crippen molar-refractivity contribution in [3.63, 3.8) is 0 Å². The molecule has 0 aromatic heterocycles. The molecular formula is C22H29NO2. The van der Waals surface area contributed by atoms with Gasteiger partial charge in [-0.2, -0.15) is 5.26 Å². The van der Waals surface area contributed by atoms with Gasteiger partial charge < -0.3 is 9.84 Å². The van der Waals surface area contributed by atoms with E-state index in [9.17, 15) is 10.4 Å². The highest BCUT2D eigenvalue weighted by Crippen LogP contribution is 2.64. The Morgan fingerprint density at radius 3 is 2.88 bits per heavy atom. The van der Waals surface area contributed by atoms with Gasteiger partial charge in [-0.3, -0.25) is 0 Å². The van der Waals surface area contributed by atoms with Crippen LogP contribution in [0.4, 0.5) is 0 Å². The minimum atomic E-state index is -0.748. The van der Waals surface area contributed by atoms with Crippen LogP contribution in [0.15, 0.2) is 29.0 Å². The van der Waals surface area contributed by atoms with Gasteiger partial charge in [-0.1, -0.05) is 25.5 Å². The maximum Gasteiger partial charge on any atom is 0.152 e. The SMILES string of the molecule is CC(O)OC1C=C=C2CC[C@@H]3C(=CC[C@]4(C)[C@@H](C#N)CC[C@@H]34)[C@@]2(C)C1. The van der Waals surface area contributed by atoms with Crippen molar-refractivity contribution >= 4 is 0 Å². The van der Waals surface area contributed by atoms with Crippen LogP contribution in [0.1, 0.15) is 59.3 Å². The van der Waals surface area contributed by atoms with Crippen LogP contribution >= 0.6 is 0 Å². The number of rotatable bonds is 2. The van der Waals surface area contributed by atoms with Crippen molar-refractivity contribution in [2.24, 2.45) is 28.6 Å². The number of nitriles is 1. The van der Waals surface area contributed by atoms with Gasteiger partial charge in [-0.25, -0.2) is 0 Å². The molecule has 1 N–H and O–H groups in total. The number of aliphatic hydroxyl groups excluding tert-OH is 1. The smallest absolute Gasteiger partial charge is 0.152 e. The molecule has 0 spiro atoms. The van der Waals surface area contributed by atoms with Gasteiger partial charge in [0.25, 0.3) is 0 Å². The number of allylic oxidation sites excluding steroid dienone is 2. The second-order valence-electron chi connectivity index (χ2n) is 8.98. The highest BCUT2D eigenvalue weighted by Gasteiger charge is 2.56. The zero-order valence-electron chi connectivity index (χ0n) is 15.6. The Hall–Kier alpha value is -1.33. The van der Waals surface area contributed by atoms with Gasteiger partial charge in [0.1, 0.15) is 0 Å². The average Bonchev–Trinajstić information content (AvgIpc) is 2.90. The molecule has 0 bridgehead atoms. The van der Waals surface area contributed by atoms with E-state index in [1.165, 1.54) is 18.4 Å². The fourth-order valence-corrected chi connectivity index (χ4v) is 6.34. The van der Waals surface area contributed by atoms with Gasteiger partial charge in [0.2, 0.25) is 0 Å². The lowest BCUT2D eigenvalue weighted by atomic mass is 9.51. The first-order chi connectivity index (χ1) is 11.9. The summed E-state index contributed by atoms with van der Waals surface area (Å²) >= 11 is 0. The Bertz CT molecular complexity index is 708.